The van der Waals surface area contributed by atoms with Gasteiger partial charge in [0.1, 0.15) is 0 Å². The summed E-state index contributed by atoms with van der Waals surface area (Å²) in [5.74, 6) is -1.70. The molecule has 0 saturated heterocycles. The van der Waals surface area contributed by atoms with E-state index in [9.17, 15) is 14.7 Å². The zero-order chi connectivity index (χ0) is 32.3. The number of amides is 1. The van der Waals surface area contributed by atoms with Crippen LogP contribution in [0.3, 0.4) is 0 Å². The number of carbonyl (C=O) groups excluding carboxylic acids is 1. The summed E-state index contributed by atoms with van der Waals surface area (Å²) >= 11 is 0. The Morgan fingerprint density at radius 2 is 1.43 bits per heavy atom. The fraction of sp³-hybridized carbons (Fsp3) is 0.146. The van der Waals surface area contributed by atoms with Gasteiger partial charge in [0.25, 0.3) is 5.91 Å². The molecule has 0 atom stereocenters. The summed E-state index contributed by atoms with van der Waals surface area (Å²) in [7, 11) is 0. The number of rotatable bonds is 5. The Morgan fingerprint density at radius 1 is 0.787 bits per heavy atom. The maximum atomic E-state index is 13.4. The molecule has 3 aliphatic rings. The first-order chi connectivity index (χ1) is 22.8. The fourth-order valence-corrected chi connectivity index (χ4v) is 7.29. The van der Waals surface area contributed by atoms with E-state index in [-0.39, 0.29) is 16.7 Å². The second-order valence-electron chi connectivity index (χ2n) is 12.9. The van der Waals surface area contributed by atoms with Crippen LogP contribution in [-0.2, 0) is 21.4 Å². The first kappa shape index (κ1) is 28.7. The molecule has 1 N–H and O–H groups in total. The van der Waals surface area contributed by atoms with E-state index in [0.717, 1.165) is 41.1 Å². The summed E-state index contributed by atoms with van der Waals surface area (Å²) < 4.78 is 0. The minimum Gasteiger partial charge on any atom is -0.476 e. The topological polar surface area (TPSA) is 73.2 Å². The van der Waals surface area contributed by atoms with Gasteiger partial charge in [0.15, 0.2) is 5.71 Å². The third kappa shape index (κ3) is 4.76. The summed E-state index contributed by atoms with van der Waals surface area (Å²) in [4.78, 5) is 27.9. The zero-order valence-electron chi connectivity index (χ0n) is 26.3. The van der Waals surface area contributed by atoms with Crippen LogP contribution in [-0.4, -0.2) is 29.2 Å². The Balaban J connectivity index is 1.12. The van der Waals surface area contributed by atoms with Crippen LogP contribution in [0.15, 0.2) is 126 Å². The number of aliphatic carboxylic acids is 1. The van der Waals surface area contributed by atoms with Gasteiger partial charge in [0, 0.05) is 23.3 Å². The number of hydrazone groups is 1. The molecular weight excluding hydrogens is 582 g/mol. The van der Waals surface area contributed by atoms with Crippen molar-refractivity contribution in [3.05, 3.63) is 143 Å². The third-order valence-corrected chi connectivity index (χ3v) is 9.69. The van der Waals surface area contributed by atoms with Crippen LogP contribution >= 0.6 is 0 Å². The monoisotopic (exact) mass is 615 g/mol. The number of para-hydroxylation sites is 2. The number of anilines is 3. The Hall–Kier alpha value is -5.75. The van der Waals surface area contributed by atoms with Crippen LogP contribution in [0.25, 0.3) is 28.3 Å². The van der Waals surface area contributed by atoms with Gasteiger partial charge in [-0.1, -0.05) is 86.6 Å². The second-order valence-corrected chi connectivity index (χ2v) is 12.9. The van der Waals surface area contributed by atoms with Crippen molar-refractivity contribution in [1.82, 2.24) is 0 Å². The molecule has 1 aliphatic carbocycles. The lowest BCUT2D eigenvalue weighted by molar-refractivity contribution is -0.129. The Bertz CT molecular complexity index is 2150. The first-order valence-electron chi connectivity index (χ1n) is 16.0. The van der Waals surface area contributed by atoms with E-state index in [2.05, 4.69) is 103 Å². The molecule has 5 aromatic carbocycles. The van der Waals surface area contributed by atoms with E-state index in [1.54, 1.807) is 30.3 Å². The highest BCUT2D eigenvalue weighted by atomic mass is 16.4. The number of aryl methyl sites for hydroxylation is 1. The lowest BCUT2D eigenvalue weighted by Gasteiger charge is -2.32. The standard InChI is InChI=1S/C41H33N3O3/c1-41(2)35-23-26(22-34-38(40(46)47)42-44(39(34)45)31-13-7-4-8-14-31)15-18-32(35)33-19-16-28(25-36(33)41)27-17-20-37-29(24-27)10-9-21-43(37)30-11-5-3-6-12-30/h3-8,11-20,22-25H,9-10,21H2,1-2H3,(H,46,47)/b34-22-. The number of carboxylic acid groups (broad SMARTS) is 1. The van der Waals surface area contributed by atoms with Gasteiger partial charge in [0.2, 0.25) is 0 Å². The van der Waals surface area contributed by atoms with Crippen molar-refractivity contribution >= 4 is 40.7 Å². The van der Waals surface area contributed by atoms with Gasteiger partial charge < -0.3 is 10.0 Å². The van der Waals surface area contributed by atoms with Crippen molar-refractivity contribution < 1.29 is 14.7 Å². The summed E-state index contributed by atoms with van der Waals surface area (Å²) in [6.07, 6.45) is 3.83. The van der Waals surface area contributed by atoms with Crippen molar-refractivity contribution in [3.8, 4) is 22.3 Å². The average Bonchev–Trinajstić information content (AvgIpc) is 3.54. The van der Waals surface area contributed by atoms with Crippen LogP contribution in [0.1, 0.15) is 42.5 Å². The van der Waals surface area contributed by atoms with Crippen LogP contribution in [0.4, 0.5) is 17.1 Å². The van der Waals surface area contributed by atoms with E-state index in [0.29, 0.717) is 5.69 Å². The molecule has 0 bridgehead atoms. The molecule has 0 fully saturated rings. The Labute approximate surface area is 273 Å². The van der Waals surface area contributed by atoms with E-state index in [1.165, 1.54) is 39.2 Å². The highest BCUT2D eigenvalue weighted by Gasteiger charge is 2.37. The molecule has 0 saturated carbocycles. The molecule has 2 heterocycles. The predicted molar refractivity (Wildman–Crippen MR) is 188 cm³/mol. The maximum absolute atomic E-state index is 13.4. The van der Waals surface area contributed by atoms with E-state index < -0.39 is 11.9 Å². The molecule has 230 valence electrons. The number of hydrogen-bond acceptors (Lipinski definition) is 4. The molecule has 8 rings (SSSR count). The third-order valence-electron chi connectivity index (χ3n) is 9.69. The van der Waals surface area contributed by atoms with Crippen LogP contribution in [0, 0.1) is 0 Å². The van der Waals surface area contributed by atoms with Crippen molar-refractivity contribution in [2.45, 2.75) is 32.1 Å². The molecule has 0 radical (unpaired) electrons. The highest BCUT2D eigenvalue weighted by Crippen LogP contribution is 2.50. The van der Waals surface area contributed by atoms with Gasteiger partial charge in [-0.25, -0.2) is 4.79 Å². The van der Waals surface area contributed by atoms with Crippen molar-refractivity contribution in [2.75, 3.05) is 16.5 Å². The number of fused-ring (bicyclic) bond motifs is 4. The maximum Gasteiger partial charge on any atom is 0.357 e. The first-order valence-corrected chi connectivity index (χ1v) is 16.0. The molecule has 5 aromatic rings. The molecule has 0 spiro atoms. The van der Waals surface area contributed by atoms with Crippen molar-refractivity contribution in [2.24, 2.45) is 5.10 Å². The lowest BCUT2D eigenvalue weighted by Crippen LogP contribution is -2.24. The number of carboxylic acids is 1. The van der Waals surface area contributed by atoms with Gasteiger partial charge in [-0.3, -0.25) is 4.79 Å². The van der Waals surface area contributed by atoms with Gasteiger partial charge in [0.05, 0.1) is 11.3 Å². The second kappa shape index (κ2) is 11.0. The SMILES string of the molecule is CC1(C)c2cc(/C=C3\C(=O)N(c4ccccc4)N=C3C(=O)O)ccc2-c2ccc(-c3ccc4c(c3)CCCN4c3ccccc3)cc21. The molecule has 2 aliphatic heterocycles. The van der Waals surface area contributed by atoms with Gasteiger partial charge in [-0.2, -0.15) is 10.1 Å². The minimum atomic E-state index is -1.24. The zero-order valence-corrected chi connectivity index (χ0v) is 26.3. The smallest absolute Gasteiger partial charge is 0.357 e. The number of nitrogens with zero attached hydrogens (tertiary/aromatic N) is 3. The van der Waals surface area contributed by atoms with Gasteiger partial charge >= 0.3 is 5.97 Å². The van der Waals surface area contributed by atoms with Crippen LogP contribution in [0.2, 0.25) is 0 Å². The number of carbonyl (C=O) groups is 2. The molecule has 6 nitrogen and oxygen atoms in total. The molecule has 47 heavy (non-hydrogen) atoms. The number of hydrogen-bond donors (Lipinski definition) is 1. The lowest BCUT2D eigenvalue weighted by atomic mass is 9.81. The van der Waals surface area contributed by atoms with Gasteiger partial charge in [-0.05, 0) is 106 Å². The van der Waals surface area contributed by atoms with Crippen molar-refractivity contribution in [3.63, 3.8) is 0 Å². The molecule has 6 heteroatoms. The largest absolute Gasteiger partial charge is 0.476 e. The summed E-state index contributed by atoms with van der Waals surface area (Å²) in [6, 6.07) is 39.2. The van der Waals surface area contributed by atoms with Gasteiger partial charge in [-0.15, -0.1) is 0 Å². The normalized spacial score (nSPS) is 16.9. The predicted octanol–water partition coefficient (Wildman–Crippen LogP) is 8.62. The average molecular weight is 616 g/mol. The number of benzene rings is 5. The van der Waals surface area contributed by atoms with Crippen LogP contribution < -0.4 is 9.91 Å². The Morgan fingerprint density at radius 3 is 2.15 bits per heavy atom. The fourth-order valence-electron chi connectivity index (χ4n) is 7.29. The molecule has 0 aromatic heterocycles. The van der Waals surface area contributed by atoms with Crippen LogP contribution in [0.5, 0.6) is 0 Å². The summed E-state index contributed by atoms with van der Waals surface area (Å²) in [5.41, 5.74) is 11.8. The summed E-state index contributed by atoms with van der Waals surface area (Å²) in [5, 5.41) is 15.2. The Kier molecular flexibility index (Phi) is 6.69. The quantitative estimate of drug-likeness (QED) is 0.201. The van der Waals surface area contributed by atoms with E-state index in [4.69, 9.17) is 0 Å². The highest BCUT2D eigenvalue weighted by molar-refractivity contribution is 6.53. The summed E-state index contributed by atoms with van der Waals surface area (Å²) in [6.45, 7) is 5.47. The molecule has 1 amide bonds. The van der Waals surface area contributed by atoms with Crippen molar-refractivity contribution in [1.29, 1.82) is 0 Å². The van der Waals surface area contributed by atoms with E-state index >= 15 is 0 Å². The molecule has 0 unspecified atom stereocenters. The van der Waals surface area contributed by atoms with E-state index in [1.807, 2.05) is 12.1 Å². The molecular formula is C41H33N3O3. The minimum absolute atomic E-state index is 0.0650.